The van der Waals surface area contributed by atoms with E-state index in [1.54, 1.807) is 12.7 Å². The highest BCUT2D eigenvalue weighted by Crippen LogP contribution is 2.59. The van der Waals surface area contributed by atoms with Crippen molar-refractivity contribution in [3.05, 3.63) is 35.5 Å². The zero-order valence-electron chi connectivity index (χ0n) is 41.0. The molecule has 0 bridgehead atoms. The maximum absolute atomic E-state index is 7.39. The van der Waals surface area contributed by atoms with Crippen LogP contribution in [-0.4, -0.2) is 76.0 Å². The van der Waals surface area contributed by atoms with Crippen molar-refractivity contribution in [1.82, 2.24) is 0 Å². The van der Waals surface area contributed by atoms with Gasteiger partial charge in [0.25, 0.3) is 0 Å². The third kappa shape index (κ3) is 13.3. The van der Waals surface area contributed by atoms with E-state index in [9.17, 15) is 0 Å². The number of allylic oxidation sites excluding steroid dienone is 4. The van der Waals surface area contributed by atoms with Gasteiger partial charge in [-0.1, -0.05) is 112 Å². The second-order valence-corrected chi connectivity index (χ2v) is 38.0. The van der Waals surface area contributed by atoms with E-state index < -0.39 is 25.0 Å². The summed E-state index contributed by atoms with van der Waals surface area (Å²) in [6.07, 6.45) is 18.7. The molecule has 3 aliphatic carbocycles. The smallest absolute Gasteiger partial charge is 0.192 e. The van der Waals surface area contributed by atoms with Crippen LogP contribution in [0, 0.1) is 23.2 Å². The quantitative estimate of drug-likeness (QED) is 0.0629. The van der Waals surface area contributed by atoms with Crippen molar-refractivity contribution in [3.63, 3.8) is 0 Å². The SMILES string of the molecule is COCOC(C)(C)C/C=C/[C@@H](C)C1CCC2/C(=C/C=C3C[C@H](O[Si](C)(C)C(C)(C)C)C(OCCO[Si](C)(C)C(C)(C)C)[C@H](O[Si](C)(C)C(C)(C)C)C3)CCCC21C. The molecule has 0 aromatic carbocycles. The van der Waals surface area contributed by atoms with Crippen molar-refractivity contribution in [2.24, 2.45) is 23.2 Å². The maximum atomic E-state index is 7.39. The maximum Gasteiger partial charge on any atom is 0.192 e. The molecule has 0 aromatic heterocycles. The number of hydrogen-bond acceptors (Lipinski definition) is 6. The second kappa shape index (κ2) is 19.3. The summed E-state index contributed by atoms with van der Waals surface area (Å²) in [6, 6.07) is 0. The molecule has 0 aliphatic heterocycles. The van der Waals surface area contributed by atoms with Crippen molar-refractivity contribution in [1.29, 1.82) is 0 Å². The molecule has 3 saturated carbocycles. The van der Waals surface area contributed by atoms with Gasteiger partial charge in [-0.25, -0.2) is 0 Å². The van der Waals surface area contributed by atoms with Crippen LogP contribution in [0.2, 0.25) is 54.4 Å². The molecule has 57 heavy (non-hydrogen) atoms. The predicted octanol–water partition coefficient (Wildman–Crippen LogP) is 14.0. The van der Waals surface area contributed by atoms with Gasteiger partial charge in [-0.3, -0.25) is 0 Å². The zero-order chi connectivity index (χ0) is 43.5. The molecule has 332 valence electrons. The van der Waals surface area contributed by atoms with Crippen LogP contribution in [0.1, 0.15) is 141 Å². The first-order valence-corrected chi connectivity index (χ1v) is 31.4. The predicted molar refractivity (Wildman–Crippen MR) is 251 cm³/mol. The molecular formula is C48H92O6Si3. The molecule has 7 atom stereocenters. The Kier molecular flexibility index (Phi) is 17.3. The van der Waals surface area contributed by atoms with Crippen LogP contribution >= 0.6 is 0 Å². The highest BCUT2D eigenvalue weighted by atomic mass is 28.4. The van der Waals surface area contributed by atoms with Crippen molar-refractivity contribution in [3.8, 4) is 0 Å². The fourth-order valence-electron chi connectivity index (χ4n) is 8.79. The van der Waals surface area contributed by atoms with Crippen LogP contribution in [0.15, 0.2) is 35.5 Å². The molecule has 0 amide bonds. The molecular weight excluding hydrogens is 757 g/mol. The van der Waals surface area contributed by atoms with Gasteiger partial charge in [0, 0.05) is 7.11 Å². The average Bonchev–Trinajstić information content (AvgIpc) is 3.41. The first-order chi connectivity index (χ1) is 25.9. The van der Waals surface area contributed by atoms with Crippen molar-refractivity contribution in [2.75, 3.05) is 27.1 Å². The Balaban J connectivity index is 1.94. The lowest BCUT2D eigenvalue weighted by molar-refractivity contribution is -0.112. The molecule has 6 nitrogen and oxygen atoms in total. The van der Waals surface area contributed by atoms with E-state index in [0.29, 0.717) is 43.2 Å². The van der Waals surface area contributed by atoms with E-state index in [0.717, 1.165) is 19.3 Å². The van der Waals surface area contributed by atoms with Gasteiger partial charge in [0.05, 0.1) is 31.0 Å². The van der Waals surface area contributed by atoms with Gasteiger partial charge in [0.1, 0.15) is 12.9 Å². The van der Waals surface area contributed by atoms with Crippen LogP contribution in [0.25, 0.3) is 0 Å². The Bertz CT molecular complexity index is 1340. The fraction of sp³-hybridized carbons (Fsp3) is 0.875. The summed E-state index contributed by atoms with van der Waals surface area (Å²) in [7, 11) is -4.46. The first kappa shape index (κ1) is 51.0. The van der Waals surface area contributed by atoms with Gasteiger partial charge in [0.15, 0.2) is 25.0 Å². The van der Waals surface area contributed by atoms with E-state index >= 15 is 0 Å². The van der Waals surface area contributed by atoms with Crippen LogP contribution in [-0.2, 0) is 27.5 Å². The summed E-state index contributed by atoms with van der Waals surface area (Å²) in [4.78, 5) is 0. The Morgan fingerprint density at radius 3 is 1.81 bits per heavy atom. The minimum absolute atomic E-state index is 0.0584. The normalized spacial score (nSPS) is 29.4. The molecule has 4 unspecified atom stereocenters. The number of ether oxygens (including phenoxy) is 3. The van der Waals surface area contributed by atoms with E-state index in [4.69, 9.17) is 27.5 Å². The summed E-state index contributed by atoms with van der Waals surface area (Å²) >= 11 is 0. The molecule has 9 heteroatoms. The van der Waals surface area contributed by atoms with Gasteiger partial charge >= 0.3 is 0 Å². The minimum Gasteiger partial charge on any atom is -0.414 e. The van der Waals surface area contributed by atoms with Crippen LogP contribution in [0.4, 0.5) is 0 Å². The monoisotopic (exact) mass is 849 g/mol. The Hall–Kier alpha value is -0.369. The Labute approximate surface area is 356 Å². The lowest BCUT2D eigenvalue weighted by atomic mass is 9.61. The van der Waals surface area contributed by atoms with Crippen molar-refractivity contribution < 1.29 is 27.5 Å². The Morgan fingerprint density at radius 1 is 0.754 bits per heavy atom. The fourth-order valence-corrected chi connectivity index (χ4v) is 12.5. The summed E-state index contributed by atoms with van der Waals surface area (Å²) in [6.45, 7) is 46.1. The molecule has 3 aliphatic rings. The van der Waals surface area contributed by atoms with Gasteiger partial charge in [0.2, 0.25) is 0 Å². The highest BCUT2D eigenvalue weighted by Gasteiger charge is 2.51. The number of fused-ring (bicyclic) bond motifs is 1. The molecule has 0 saturated heterocycles. The van der Waals surface area contributed by atoms with Gasteiger partial charge in [-0.2, -0.15) is 0 Å². The molecule has 0 heterocycles. The number of rotatable bonds is 17. The summed E-state index contributed by atoms with van der Waals surface area (Å²) in [5, 5.41) is 0.345. The van der Waals surface area contributed by atoms with Gasteiger partial charge in [-0.05, 0) is 143 Å². The summed E-state index contributed by atoms with van der Waals surface area (Å²) in [5.74, 6) is 1.88. The second-order valence-electron chi connectivity index (χ2n) is 23.6. The molecule has 0 aromatic rings. The van der Waals surface area contributed by atoms with Crippen molar-refractivity contribution in [2.45, 2.75) is 220 Å². The highest BCUT2D eigenvalue weighted by molar-refractivity contribution is 6.75. The zero-order valence-corrected chi connectivity index (χ0v) is 44.0. The molecule has 0 N–H and O–H groups in total. The van der Waals surface area contributed by atoms with E-state index in [2.05, 4.69) is 154 Å². The molecule has 0 radical (unpaired) electrons. The lowest BCUT2D eigenvalue weighted by Gasteiger charge is -2.48. The number of hydrogen-bond donors (Lipinski definition) is 0. The topological polar surface area (TPSA) is 55.4 Å². The summed E-state index contributed by atoms with van der Waals surface area (Å²) in [5.41, 5.74) is 3.21. The van der Waals surface area contributed by atoms with Gasteiger partial charge < -0.3 is 27.5 Å². The van der Waals surface area contributed by atoms with Crippen LogP contribution in [0.5, 0.6) is 0 Å². The number of methoxy groups -OCH3 is 1. The molecule has 3 fully saturated rings. The average molecular weight is 850 g/mol. The minimum atomic E-state index is -2.13. The summed E-state index contributed by atoms with van der Waals surface area (Å²) < 4.78 is 39.5. The van der Waals surface area contributed by atoms with Crippen LogP contribution in [0.3, 0.4) is 0 Å². The first-order valence-electron chi connectivity index (χ1n) is 22.7. The Morgan fingerprint density at radius 2 is 1.30 bits per heavy atom. The van der Waals surface area contributed by atoms with Crippen LogP contribution < -0.4 is 0 Å². The largest absolute Gasteiger partial charge is 0.414 e. The molecule has 0 spiro atoms. The third-order valence-corrected chi connectivity index (χ3v) is 29.2. The lowest BCUT2D eigenvalue weighted by Crippen LogP contribution is -2.56. The van der Waals surface area contributed by atoms with E-state index in [-0.39, 0.29) is 39.0 Å². The van der Waals surface area contributed by atoms with E-state index in [1.165, 1.54) is 37.7 Å². The van der Waals surface area contributed by atoms with Gasteiger partial charge in [-0.15, -0.1) is 0 Å². The third-order valence-electron chi connectivity index (χ3n) is 15.6. The molecule has 3 rings (SSSR count). The van der Waals surface area contributed by atoms with Crippen molar-refractivity contribution >= 4 is 25.0 Å². The standard InChI is InChI=1S/C48H92O6Si3/c1-36(23-21-29-47(11,12)51-35-49-14)39-27-28-40-38(24-22-30-48(39,40)13)26-25-37-33-41(53-56(17,18)45(5,6)7)43(42(34-37)54-57(19,20)46(8,9)10)50-31-32-52-55(15,16)44(2,3)4/h21,23,25-26,36,39-43H,22,24,27-35H2,1-20H3/b23-21+,37-25?,38-26+/t36-,39?,40?,41-,42+,43?,48?/m1/s1. The van der Waals surface area contributed by atoms with E-state index in [1.807, 2.05) is 0 Å².